The summed E-state index contributed by atoms with van der Waals surface area (Å²) in [5, 5.41) is 0. The number of pyridine rings is 1. The van der Waals surface area contributed by atoms with Crippen LogP contribution in [-0.2, 0) is 6.54 Å². The van der Waals surface area contributed by atoms with Crippen LogP contribution in [0.3, 0.4) is 0 Å². The molecule has 0 saturated carbocycles. The molecule has 3 heteroatoms. The lowest BCUT2D eigenvalue weighted by molar-refractivity contribution is -0.688. The lowest BCUT2D eigenvalue weighted by Crippen LogP contribution is -3.00. The van der Waals surface area contributed by atoms with Crippen LogP contribution in [0.15, 0.2) is 85.2 Å². The molecule has 0 amide bonds. The van der Waals surface area contributed by atoms with E-state index in [0.29, 0.717) is 0 Å². The minimum absolute atomic E-state index is 0. The maximum Gasteiger partial charge on any atom is 0.173 e. The van der Waals surface area contributed by atoms with Crippen molar-refractivity contribution in [2.45, 2.75) is 6.54 Å². The number of hydrogen-bond donors (Lipinski definition) is 0. The highest BCUT2D eigenvalue weighted by Gasteiger charge is 2.03. The number of hydrogen-bond acceptors (Lipinski definition) is 0. The summed E-state index contributed by atoms with van der Waals surface area (Å²) >= 11 is 0. The van der Waals surface area contributed by atoms with E-state index in [1.54, 1.807) is 0 Å². The highest BCUT2D eigenvalue weighted by Crippen LogP contribution is 2.16. The number of rotatable bonds is 3. The average molecular weight is 300 g/mol. The van der Waals surface area contributed by atoms with Gasteiger partial charge in [0.25, 0.3) is 0 Å². The Bertz CT molecular complexity index is 639. The zero-order chi connectivity index (χ0) is 12.9. The van der Waals surface area contributed by atoms with Crippen molar-refractivity contribution in [2.24, 2.45) is 0 Å². The zero-order valence-electron chi connectivity index (χ0n) is 11.6. The number of nitrogens with zero attached hydrogens (tertiary/aromatic N) is 1. The second kappa shape index (κ2) is 8.20. The van der Waals surface area contributed by atoms with E-state index in [0.717, 1.165) is 6.54 Å². The van der Waals surface area contributed by atoms with Crippen LogP contribution >= 0.6 is 0 Å². The van der Waals surface area contributed by atoms with E-state index < -0.39 is 0 Å². The Kier molecular flexibility index (Phi) is 6.60. The molecule has 0 radical (unpaired) electrons. The van der Waals surface area contributed by atoms with E-state index in [1.165, 1.54) is 16.7 Å². The fraction of sp³-hybridized carbons (Fsp3) is 0.0556. The maximum absolute atomic E-state index is 2.20. The topological polar surface area (TPSA) is 35.4 Å². The van der Waals surface area contributed by atoms with Crippen molar-refractivity contribution in [3.63, 3.8) is 0 Å². The first-order valence-corrected chi connectivity index (χ1v) is 6.50. The predicted octanol–water partition coefficient (Wildman–Crippen LogP) is -0.131. The van der Waals surface area contributed by atoms with Gasteiger partial charge in [0.15, 0.2) is 18.9 Å². The molecule has 21 heavy (non-hydrogen) atoms. The highest BCUT2D eigenvalue weighted by atomic mass is 35.5. The first-order chi connectivity index (χ1) is 9.42. The van der Waals surface area contributed by atoms with Crippen LogP contribution in [0.5, 0.6) is 0 Å². The molecule has 3 rings (SSSR count). The molecule has 108 valence electrons. The van der Waals surface area contributed by atoms with Gasteiger partial charge in [0.1, 0.15) is 0 Å². The molecule has 0 bridgehead atoms. The lowest BCUT2D eigenvalue weighted by Gasteiger charge is -2.01. The summed E-state index contributed by atoms with van der Waals surface area (Å²) in [5.41, 5.74) is 3.83. The minimum atomic E-state index is 0. The van der Waals surface area contributed by atoms with Crippen LogP contribution in [0.25, 0.3) is 11.1 Å². The molecule has 1 aromatic heterocycles. The minimum Gasteiger partial charge on any atom is -1.00 e. The molecule has 2 nitrogen and oxygen atoms in total. The fourth-order valence-electron chi connectivity index (χ4n) is 2.18. The third-order valence-corrected chi connectivity index (χ3v) is 3.21. The number of aromatic nitrogens is 1. The smallest absolute Gasteiger partial charge is 0.173 e. The summed E-state index contributed by atoms with van der Waals surface area (Å²) in [6.07, 6.45) is 4.27. The van der Waals surface area contributed by atoms with E-state index in [1.807, 2.05) is 12.1 Å². The van der Waals surface area contributed by atoms with Crippen LogP contribution in [0.4, 0.5) is 0 Å². The van der Waals surface area contributed by atoms with Gasteiger partial charge in [-0.25, -0.2) is 4.57 Å². The molecule has 1 heterocycles. The van der Waals surface area contributed by atoms with E-state index in [2.05, 4.69) is 77.6 Å². The lowest BCUT2D eigenvalue weighted by atomic mass is 10.1. The molecular formula is C18H18ClNO. The molecule has 0 unspecified atom stereocenters. The van der Waals surface area contributed by atoms with Gasteiger partial charge in [0.05, 0.1) is 0 Å². The Morgan fingerprint density at radius 2 is 1.10 bits per heavy atom. The van der Waals surface area contributed by atoms with Crippen LogP contribution < -0.4 is 17.0 Å². The van der Waals surface area contributed by atoms with Gasteiger partial charge in [-0.3, -0.25) is 0 Å². The van der Waals surface area contributed by atoms with Crippen LogP contribution in [0, 0.1) is 0 Å². The molecule has 3 aromatic rings. The average Bonchev–Trinajstić information content (AvgIpc) is 2.50. The van der Waals surface area contributed by atoms with Crippen molar-refractivity contribution in [1.82, 2.24) is 0 Å². The van der Waals surface area contributed by atoms with E-state index >= 15 is 0 Å². The van der Waals surface area contributed by atoms with E-state index in [9.17, 15) is 0 Å². The van der Waals surface area contributed by atoms with Crippen molar-refractivity contribution in [1.29, 1.82) is 0 Å². The molecule has 2 N–H and O–H groups in total. The van der Waals surface area contributed by atoms with Crippen LogP contribution in [0.2, 0.25) is 0 Å². The van der Waals surface area contributed by atoms with Gasteiger partial charge in [0.2, 0.25) is 0 Å². The van der Waals surface area contributed by atoms with Crippen molar-refractivity contribution < 1.29 is 22.5 Å². The van der Waals surface area contributed by atoms with Crippen LogP contribution in [0.1, 0.15) is 5.56 Å². The van der Waals surface area contributed by atoms with Crippen molar-refractivity contribution in [3.8, 4) is 11.1 Å². The van der Waals surface area contributed by atoms with Gasteiger partial charge in [-0.1, -0.05) is 60.7 Å². The molecule has 0 aliphatic heterocycles. The number of halogens is 1. The third-order valence-electron chi connectivity index (χ3n) is 3.21. The molecule has 0 fully saturated rings. The molecule has 0 aliphatic carbocycles. The summed E-state index contributed by atoms with van der Waals surface area (Å²) in [4.78, 5) is 0. The normalized spacial score (nSPS) is 9.33. The summed E-state index contributed by atoms with van der Waals surface area (Å²) in [6.45, 7) is 0.913. The van der Waals surface area contributed by atoms with E-state index in [4.69, 9.17) is 0 Å². The van der Waals surface area contributed by atoms with Gasteiger partial charge in [-0.15, -0.1) is 0 Å². The van der Waals surface area contributed by atoms with Crippen molar-refractivity contribution in [2.75, 3.05) is 0 Å². The highest BCUT2D eigenvalue weighted by molar-refractivity contribution is 5.61. The maximum atomic E-state index is 2.20. The SMILES string of the molecule is O.[Cl-].c1ccc(C[n+]2ccc(-c3ccccc3)cc2)cc1. The molecule has 0 aliphatic rings. The Morgan fingerprint density at radius 3 is 1.67 bits per heavy atom. The van der Waals surface area contributed by atoms with Crippen molar-refractivity contribution in [3.05, 3.63) is 90.8 Å². The third kappa shape index (κ3) is 4.42. The quantitative estimate of drug-likeness (QED) is 0.604. The summed E-state index contributed by atoms with van der Waals surface area (Å²) < 4.78 is 2.20. The second-order valence-corrected chi connectivity index (χ2v) is 4.61. The second-order valence-electron chi connectivity index (χ2n) is 4.61. The Labute approximate surface area is 131 Å². The monoisotopic (exact) mass is 299 g/mol. The summed E-state index contributed by atoms with van der Waals surface area (Å²) in [7, 11) is 0. The Hall–Kier alpha value is -2.16. The standard InChI is InChI=1S/C18H16N.ClH.H2O/c1-3-7-16(8-4-1)15-19-13-11-18(12-14-19)17-9-5-2-6-10-17;;/h1-14H,15H2;1H;1H2/q+1;;/p-1. The Morgan fingerprint density at radius 1 is 0.619 bits per heavy atom. The van der Waals surface area contributed by atoms with Gasteiger partial charge >= 0.3 is 0 Å². The molecule has 0 atom stereocenters. The van der Waals surface area contributed by atoms with Gasteiger partial charge in [-0.2, -0.15) is 0 Å². The summed E-state index contributed by atoms with van der Waals surface area (Å²) in [5.74, 6) is 0. The largest absolute Gasteiger partial charge is 1.00 e. The molecular weight excluding hydrogens is 282 g/mol. The first-order valence-electron chi connectivity index (χ1n) is 6.50. The number of benzene rings is 2. The fourth-order valence-corrected chi connectivity index (χ4v) is 2.18. The van der Waals surface area contributed by atoms with Crippen LogP contribution in [-0.4, -0.2) is 5.48 Å². The summed E-state index contributed by atoms with van der Waals surface area (Å²) in [6, 6.07) is 25.3. The predicted molar refractivity (Wildman–Crippen MR) is 81.2 cm³/mol. The van der Waals surface area contributed by atoms with Gasteiger partial charge < -0.3 is 17.9 Å². The zero-order valence-corrected chi connectivity index (χ0v) is 12.4. The molecule has 2 aromatic carbocycles. The van der Waals surface area contributed by atoms with Gasteiger partial charge in [0, 0.05) is 17.7 Å². The van der Waals surface area contributed by atoms with E-state index in [-0.39, 0.29) is 17.9 Å². The Balaban J connectivity index is 0.00000110. The van der Waals surface area contributed by atoms with Gasteiger partial charge in [-0.05, 0) is 11.1 Å². The first kappa shape index (κ1) is 16.9. The molecule has 0 spiro atoms. The molecule has 0 saturated heterocycles. The van der Waals surface area contributed by atoms with Crippen molar-refractivity contribution >= 4 is 0 Å².